The number of rotatable bonds is 0. The molecule has 3 nitrogen and oxygen atoms in total. The Labute approximate surface area is 132 Å². The summed E-state index contributed by atoms with van der Waals surface area (Å²) in [5, 5.41) is 10.4. The minimum absolute atomic E-state index is 0.0687. The lowest BCUT2D eigenvalue weighted by Crippen LogP contribution is -2.54. The average Bonchev–Trinajstić information content (AvgIpc) is 2.72. The van der Waals surface area contributed by atoms with E-state index in [1.807, 2.05) is 0 Å². The number of carbonyl (C=O) groups excluding carboxylic acids is 2. The Kier molecular flexibility index (Phi) is 3.15. The molecule has 0 amide bonds. The summed E-state index contributed by atoms with van der Waals surface area (Å²) in [6, 6.07) is 0. The molecule has 0 saturated heterocycles. The monoisotopic (exact) mass is 304 g/mol. The molecule has 4 saturated carbocycles. The Morgan fingerprint density at radius 3 is 2.50 bits per heavy atom. The summed E-state index contributed by atoms with van der Waals surface area (Å²) in [6.07, 6.45) is 6.81. The van der Waals surface area contributed by atoms with Crippen LogP contribution in [0.2, 0.25) is 0 Å². The molecule has 4 aliphatic carbocycles. The van der Waals surface area contributed by atoms with Gasteiger partial charge in [0, 0.05) is 24.7 Å². The second-order valence-electron chi connectivity index (χ2n) is 9.02. The van der Waals surface area contributed by atoms with Gasteiger partial charge in [-0.25, -0.2) is 0 Å². The van der Waals surface area contributed by atoms with E-state index in [1.54, 1.807) is 0 Å². The van der Waals surface area contributed by atoms with Gasteiger partial charge in [0.1, 0.15) is 11.9 Å². The Morgan fingerprint density at radius 2 is 1.73 bits per heavy atom. The third kappa shape index (κ3) is 1.78. The number of hydrogen-bond donors (Lipinski definition) is 1. The van der Waals surface area contributed by atoms with Crippen molar-refractivity contribution in [3.8, 4) is 0 Å². The van der Waals surface area contributed by atoms with Gasteiger partial charge in [-0.3, -0.25) is 9.59 Å². The van der Waals surface area contributed by atoms with Gasteiger partial charge in [-0.1, -0.05) is 13.8 Å². The van der Waals surface area contributed by atoms with Crippen LogP contribution < -0.4 is 0 Å². The van der Waals surface area contributed by atoms with Gasteiger partial charge >= 0.3 is 0 Å². The van der Waals surface area contributed by atoms with E-state index in [0.29, 0.717) is 35.9 Å². The van der Waals surface area contributed by atoms with Gasteiger partial charge in [-0.2, -0.15) is 0 Å². The van der Waals surface area contributed by atoms with Crippen molar-refractivity contribution in [1.82, 2.24) is 0 Å². The maximum absolute atomic E-state index is 12.1. The number of fused-ring (bicyclic) bond motifs is 5. The molecular formula is C19H28O3. The number of Topliss-reactive ketones (excluding diaryl/α,β-unsaturated/α-hetero) is 2. The number of aliphatic hydroxyl groups is 1. The van der Waals surface area contributed by atoms with Crippen molar-refractivity contribution < 1.29 is 14.7 Å². The molecule has 22 heavy (non-hydrogen) atoms. The molecule has 0 aromatic heterocycles. The van der Waals surface area contributed by atoms with Crippen molar-refractivity contribution >= 4 is 11.6 Å². The molecule has 0 aliphatic heterocycles. The highest BCUT2D eigenvalue weighted by Gasteiger charge is 2.62. The van der Waals surface area contributed by atoms with Crippen LogP contribution in [0, 0.1) is 34.5 Å². The summed E-state index contributed by atoms with van der Waals surface area (Å²) >= 11 is 0. The van der Waals surface area contributed by atoms with Gasteiger partial charge in [0.2, 0.25) is 0 Å². The molecule has 0 radical (unpaired) electrons. The predicted octanol–water partition coefficient (Wildman–Crippen LogP) is 3.14. The van der Waals surface area contributed by atoms with Crippen molar-refractivity contribution in [1.29, 1.82) is 0 Å². The number of carbonyl (C=O) groups is 2. The van der Waals surface area contributed by atoms with E-state index in [-0.39, 0.29) is 16.6 Å². The summed E-state index contributed by atoms with van der Waals surface area (Å²) in [4.78, 5) is 24.0. The van der Waals surface area contributed by atoms with Gasteiger partial charge in [0.25, 0.3) is 0 Å². The molecule has 0 aromatic carbocycles. The Balaban J connectivity index is 1.66. The molecule has 0 unspecified atom stereocenters. The molecule has 0 bridgehead atoms. The summed E-state index contributed by atoms with van der Waals surface area (Å²) in [5.41, 5.74) is 0.0979. The number of aliphatic hydroxyl groups excluding tert-OH is 1. The van der Waals surface area contributed by atoms with Crippen LogP contribution in [0.25, 0.3) is 0 Å². The van der Waals surface area contributed by atoms with Crippen LogP contribution in [-0.2, 0) is 9.59 Å². The van der Waals surface area contributed by atoms with E-state index in [0.717, 1.165) is 44.9 Å². The summed E-state index contributed by atoms with van der Waals surface area (Å²) in [5.74, 6) is 2.67. The summed E-state index contributed by atoms with van der Waals surface area (Å²) in [7, 11) is 0. The lowest BCUT2D eigenvalue weighted by atomic mass is 9.45. The fourth-order valence-electron chi connectivity index (χ4n) is 6.81. The van der Waals surface area contributed by atoms with Crippen molar-refractivity contribution in [3.05, 3.63) is 0 Å². The maximum atomic E-state index is 12.1. The van der Waals surface area contributed by atoms with E-state index in [2.05, 4.69) is 13.8 Å². The smallest absolute Gasteiger partial charge is 0.162 e. The highest BCUT2D eigenvalue weighted by molar-refractivity contribution is 5.86. The van der Waals surface area contributed by atoms with E-state index >= 15 is 0 Å². The molecule has 0 aromatic rings. The second kappa shape index (κ2) is 4.66. The van der Waals surface area contributed by atoms with Crippen LogP contribution in [0.5, 0.6) is 0 Å². The Bertz CT molecular complexity index is 527. The third-order valence-corrected chi connectivity index (χ3v) is 8.27. The van der Waals surface area contributed by atoms with Crippen LogP contribution in [0.1, 0.15) is 65.2 Å². The largest absolute Gasteiger partial charge is 0.385 e. The van der Waals surface area contributed by atoms with Crippen LogP contribution in [0.3, 0.4) is 0 Å². The van der Waals surface area contributed by atoms with Crippen LogP contribution >= 0.6 is 0 Å². The predicted molar refractivity (Wildman–Crippen MR) is 83.1 cm³/mol. The Hall–Kier alpha value is -0.700. The normalized spacial score (nSPS) is 54.6. The number of hydrogen-bond acceptors (Lipinski definition) is 3. The molecule has 0 spiro atoms. The molecule has 4 aliphatic rings. The van der Waals surface area contributed by atoms with E-state index < -0.39 is 6.10 Å². The first-order chi connectivity index (χ1) is 10.4. The van der Waals surface area contributed by atoms with E-state index in [1.165, 1.54) is 0 Å². The summed E-state index contributed by atoms with van der Waals surface area (Å²) < 4.78 is 0. The van der Waals surface area contributed by atoms with Crippen molar-refractivity contribution in [2.45, 2.75) is 71.3 Å². The lowest BCUT2D eigenvalue weighted by Gasteiger charge is -2.59. The zero-order valence-electron chi connectivity index (χ0n) is 13.8. The summed E-state index contributed by atoms with van der Waals surface area (Å²) in [6.45, 7) is 4.55. The van der Waals surface area contributed by atoms with E-state index in [9.17, 15) is 14.7 Å². The minimum atomic E-state index is -0.739. The fourth-order valence-corrected chi connectivity index (χ4v) is 6.81. The van der Waals surface area contributed by atoms with Gasteiger partial charge < -0.3 is 5.11 Å². The van der Waals surface area contributed by atoms with Gasteiger partial charge in [0.05, 0.1) is 0 Å². The molecule has 1 N–H and O–H groups in total. The van der Waals surface area contributed by atoms with Gasteiger partial charge in [-0.15, -0.1) is 0 Å². The quantitative estimate of drug-likeness (QED) is 0.748. The van der Waals surface area contributed by atoms with Crippen LogP contribution in [-0.4, -0.2) is 22.8 Å². The molecular weight excluding hydrogens is 276 g/mol. The zero-order chi connectivity index (χ0) is 15.7. The zero-order valence-corrected chi connectivity index (χ0v) is 13.8. The lowest BCUT2D eigenvalue weighted by molar-refractivity contribution is -0.143. The SMILES string of the molecule is C[C@]12CCC(=O)C[C@@H]1CC[C@@H]1[C@@H]2CC[C@]2(C)[C@@H](O)C(=O)C[C@@H]12. The standard InChI is InChI=1S/C19H28O3/c1-18-7-5-12(20)9-11(18)3-4-13-14(18)6-8-19(2)15(13)10-16(21)17(19)22/h11,13-15,17,22H,3-10H2,1-2H3/t11-,13+,14-,15-,17-,18-,19-/m0/s1. The van der Waals surface area contributed by atoms with Gasteiger partial charge in [-0.05, 0) is 61.2 Å². The number of ketones is 2. The van der Waals surface area contributed by atoms with Gasteiger partial charge in [0.15, 0.2) is 5.78 Å². The highest BCUT2D eigenvalue weighted by atomic mass is 16.3. The molecule has 4 rings (SSSR count). The first-order valence-corrected chi connectivity index (χ1v) is 9.09. The maximum Gasteiger partial charge on any atom is 0.162 e. The molecule has 4 fully saturated rings. The highest BCUT2D eigenvalue weighted by Crippen LogP contribution is 2.65. The third-order valence-electron chi connectivity index (χ3n) is 8.27. The van der Waals surface area contributed by atoms with Crippen LogP contribution in [0.4, 0.5) is 0 Å². The second-order valence-corrected chi connectivity index (χ2v) is 9.02. The van der Waals surface area contributed by atoms with Crippen molar-refractivity contribution in [2.75, 3.05) is 0 Å². The van der Waals surface area contributed by atoms with E-state index in [4.69, 9.17) is 0 Å². The van der Waals surface area contributed by atoms with Crippen molar-refractivity contribution in [2.24, 2.45) is 34.5 Å². The minimum Gasteiger partial charge on any atom is -0.385 e. The average molecular weight is 304 g/mol. The molecule has 0 heterocycles. The Morgan fingerprint density at radius 1 is 0.955 bits per heavy atom. The first kappa shape index (κ1) is 14.9. The first-order valence-electron chi connectivity index (χ1n) is 9.09. The van der Waals surface area contributed by atoms with Crippen molar-refractivity contribution in [3.63, 3.8) is 0 Å². The topological polar surface area (TPSA) is 54.4 Å². The molecule has 7 atom stereocenters. The molecule has 122 valence electrons. The molecule has 3 heteroatoms. The van der Waals surface area contributed by atoms with Crippen LogP contribution in [0.15, 0.2) is 0 Å². The fraction of sp³-hybridized carbons (Fsp3) is 0.895.